The Bertz CT molecular complexity index is 1440. The molecule has 4 aromatic rings. The molecule has 0 spiro atoms. The summed E-state index contributed by atoms with van der Waals surface area (Å²) in [5, 5.41) is 25.8. The Kier molecular flexibility index (Phi) is 9.03. The van der Waals surface area contributed by atoms with E-state index in [2.05, 4.69) is 25.7 Å². The molecule has 2 N–H and O–H groups in total. The molecule has 4 rings (SSSR count). The minimum atomic E-state index is -1.38. The number of carbonyl (C=O) groups is 4. The molecule has 1 amide bonds. The van der Waals surface area contributed by atoms with E-state index >= 15 is 0 Å². The zero-order valence-corrected chi connectivity index (χ0v) is 21.1. The van der Waals surface area contributed by atoms with Crippen molar-refractivity contribution in [3.8, 4) is 11.4 Å². The first kappa shape index (κ1) is 27.1. The van der Waals surface area contributed by atoms with Crippen molar-refractivity contribution in [3.63, 3.8) is 0 Å². The van der Waals surface area contributed by atoms with Gasteiger partial charge in [-0.3, -0.25) is 9.59 Å². The molecule has 0 aliphatic rings. The zero-order chi connectivity index (χ0) is 27.6. The number of ether oxygens (including phenoxy) is 2. The number of hydrogen-bond donors (Lipinski definition) is 2. The van der Waals surface area contributed by atoms with Crippen LogP contribution in [-0.2, 0) is 38.8 Å². The van der Waals surface area contributed by atoms with Gasteiger partial charge in [-0.05, 0) is 22.9 Å². The molecule has 14 heteroatoms. The summed E-state index contributed by atoms with van der Waals surface area (Å²) in [5.74, 6) is -2.39. The quantitative estimate of drug-likeness (QED) is 0.248. The smallest absolute Gasteiger partial charge is 0.408 e. The number of ketones is 1. The van der Waals surface area contributed by atoms with Crippen molar-refractivity contribution in [1.82, 2.24) is 30.5 Å². The Morgan fingerprint density at radius 3 is 2.59 bits per heavy atom. The average molecular weight is 551 g/mol. The molecule has 1 atom stereocenters. The average Bonchev–Trinajstić information content (AvgIpc) is 3.63. The fourth-order valence-corrected chi connectivity index (χ4v) is 3.85. The van der Waals surface area contributed by atoms with E-state index in [1.54, 1.807) is 54.0 Å². The number of alkyl carbamates (subject to hydrolysis) is 1. The van der Waals surface area contributed by atoms with Gasteiger partial charge in [0.15, 0.2) is 5.78 Å². The maximum atomic E-state index is 12.8. The van der Waals surface area contributed by atoms with E-state index in [-0.39, 0.29) is 24.6 Å². The molecule has 0 saturated heterocycles. The van der Waals surface area contributed by atoms with Crippen molar-refractivity contribution in [2.24, 2.45) is 0 Å². The number of amides is 1. The van der Waals surface area contributed by atoms with Gasteiger partial charge in [0.05, 0.1) is 12.0 Å². The number of carbonyl (C=O) groups excluding carboxylic acids is 3. The number of rotatable bonds is 12. The molecule has 2 aromatic carbocycles. The summed E-state index contributed by atoms with van der Waals surface area (Å²) in [6.45, 7) is -0.464. The van der Waals surface area contributed by atoms with Crippen LogP contribution < -0.4 is 5.32 Å². The highest BCUT2D eigenvalue weighted by atomic mass is 32.1. The molecule has 39 heavy (non-hydrogen) atoms. The lowest BCUT2D eigenvalue weighted by Crippen LogP contribution is -2.44. The number of hydrogen-bond acceptors (Lipinski definition) is 11. The van der Waals surface area contributed by atoms with Crippen LogP contribution in [0.15, 0.2) is 66.2 Å². The number of nitrogens with zero attached hydrogens (tertiary/aromatic N) is 5. The molecule has 0 bridgehead atoms. The van der Waals surface area contributed by atoms with E-state index in [1.807, 2.05) is 6.07 Å². The first-order valence-electron chi connectivity index (χ1n) is 11.5. The molecule has 200 valence electrons. The van der Waals surface area contributed by atoms with Gasteiger partial charge < -0.3 is 19.9 Å². The Balaban J connectivity index is 1.36. The van der Waals surface area contributed by atoms with Gasteiger partial charge in [0.1, 0.15) is 30.8 Å². The maximum absolute atomic E-state index is 12.8. The van der Waals surface area contributed by atoms with E-state index in [1.165, 1.54) is 17.4 Å². The molecule has 13 nitrogen and oxygen atoms in total. The first-order chi connectivity index (χ1) is 18.9. The number of Topliss-reactive ketones (excluding diaryl/α,β-unsaturated/α-hetero) is 1. The molecular weight excluding hydrogens is 528 g/mol. The van der Waals surface area contributed by atoms with Crippen molar-refractivity contribution >= 4 is 35.2 Å². The fraction of sp³-hybridized carbons (Fsp3) is 0.200. The predicted octanol–water partition coefficient (Wildman–Crippen LogP) is 2.49. The lowest BCUT2D eigenvalue weighted by Gasteiger charge is -2.15. The zero-order valence-electron chi connectivity index (χ0n) is 20.3. The highest BCUT2D eigenvalue weighted by Gasteiger charge is 2.25. The molecular formula is C25H22N6O7S. The van der Waals surface area contributed by atoms with E-state index in [4.69, 9.17) is 9.47 Å². The van der Waals surface area contributed by atoms with Crippen LogP contribution in [0.1, 0.15) is 27.3 Å². The van der Waals surface area contributed by atoms with Crippen molar-refractivity contribution in [3.05, 3.63) is 82.3 Å². The highest BCUT2D eigenvalue weighted by Crippen LogP contribution is 2.17. The minimum absolute atomic E-state index is 0.0443. The summed E-state index contributed by atoms with van der Waals surface area (Å²) in [4.78, 5) is 53.7. The normalized spacial score (nSPS) is 11.4. The number of tetrazole rings is 1. The van der Waals surface area contributed by atoms with Gasteiger partial charge in [-0.1, -0.05) is 42.5 Å². The van der Waals surface area contributed by atoms with Gasteiger partial charge in [-0.2, -0.15) is 4.80 Å². The topological polar surface area (TPSA) is 175 Å². The SMILES string of the molecule is O=C(O)CC(NC(=O)OCc1ccccc1)C(=O)Cn1nnc(-c2cccc(C(=O)OCc3nccs3)c2)n1. The van der Waals surface area contributed by atoms with Crippen molar-refractivity contribution in [2.45, 2.75) is 32.2 Å². The summed E-state index contributed by atoms with van der Waals surface area (Å²) < 4.78 is 10.3. The van der Waals surface area contributed by atoms with Crippen LogP contribution in [0.2, 0.25) is 0 Å². The van der Waals surface area contributed by atoms with Gasteiger partial charge in [-0.15, -0.1) is 21.5 Å². The molecule has 0 aliphatic carbocycles. The van der Waals surface area contributed by atoms with E-state index < -0.39 is 42.8 Å². The summed E-state index contributed by atoms with van der Waals surface area (Å²) >= 11 is 1.37. The Hall–Kier alpha value is -4.98. The second-order valence-electron chi connectivity index (χ2n) is 8.05. The summed E-state index contributed by atoms with van der Waals surface area (Å²) in [6.07, 6.45) is 0.0156. The Morgan fingerprint density at radius 1 is 1.03 bits per heavy atom. The number of carboxylic acid groups (broad SMARTS) is 1. The molecule has 0 aliphatic heterocycles. The van der Waals surface area contributed by atoms with Crippen LogP contribution in [0.4, 0.5) is 4.79 Å². The van der Waals surface area contributed by atoms with Gasteiger partial charge in [0.25, 0.3) is 0 Å². The van der Waals surface area contributed by atoms with E-state index in [0.29, 0.717) is 10.6 Å². The lowest BCUT2D eigenvalue weighted by molar-refractivity contribution is -0.139. The minimum Gasteiger partial charge on any atom is -0.481 e. The van der Waals surface area contributed by atoms with Gasteiger partial charge in [0.2, 0.25) is 5.82 Å². The third kappa shape index (κ3) is 8.00. The van der Waals surface area contributed by atoms with Gasteiger partial charge >= 0.3 is 18.0 Å². The Labute approximate surface area is 225 Å². The molecule has 1 unspecified atom stereocenters. The monoisotopic (exact) mass is 550 g/mol. The van der Waals surface area contributed by atoms with Gasteiger partial charge in [-0.25, -0.2) is 14.6 Å². The number of thiazole rings is 1. The van der Waals surface area contributed by atoms with Crippen molar-refractivity contribution < 1.29 is 33.8 Å². The molecule has 2 aromatic heterocycles. The molecule has 2 heterocycles. The number of aromatic nitrogens is 5. The van der Waals surface area contributed by atoms with Crippen LogP contribution >= 0.6 is 11.3 Å². The van der Waals surface area contributed by atoms with Gasteiger partial charge in [0, 0.05) is 17.1 Å². The maximum Gasteiger partial charge on any atom is 0.408 e. The van der Waals surface area contributed by atoms with Crippen LogP contribution in [0.5, 0.6) is 0 Å². The highest BCUT2D eigenvalue weighted by molar-refractivity contribution is 7.09. The largest absolute Gasteiger partial charge is 0.481 e. The third-order valence-electron chi connectivity index (χ3n) is 5.19. The van der Waals surface area contributed by atoms with Crippen LogP contribution in [-0.4, -0.2) is 60.2 Å². The lowest BCUT2D eigenvalue weighted by atomic mass is 10.1. The standard InChI is InChI=1S/C25H22N6O7S/c32-20(19(12-22(33)34)27-25(36)38-14-16-5-2-1-3-6-16)13-31-29-23(28-30-31)17-7-4-8-18(11-17)24(35)37-15-21-26-9-10-39-21/h1-11,19H,12-15H2,(H,27,36)(H,33,34). The predicted molar refractivity (Wildman–Crippen MR) is 135 cm³/mol. The second kappa shape index (κ2) is 13.0. The summed E-state index contributed by atoms with van der Waals surface area (Å²) in [7, 11) is 0. The molecule has 0 saturated carbocycles. The van der Waals surface area contributed by atoms with Crippen LogP contribution in [0, 0.1) is 0 Å². The third-order valence-corrected chi connectivity index (χ3v) is 5.94. The Morgan fingerprint density at radius 2 is 1.85 bits per heavy atom. The second-order valence-corrected chi connectivity index (χ2v) is 9.03. The first-order valence-corrected chi connectivity index (χ1v) is 12.4. The number of benzene rings is 2. The number of aliphatic carboxylic acids is 1. The van der Waals surface area contributed by atoms with Crippen molar-refractivity contribution in [1.29, 1.82) is 0 Å². The van der Waals surface area contributed by atoms with Crippen LogP contribution in [0.25, 0.3) is 11.4 Å². The number of nitrogens with one attached hydrogen (secondary N) is 1. The van der Waals surface area contributed by atoms with E-state index in [0.717, 1.165) is 10.4 Å². The number of esters is 1. The summed E-state index contributed by atoms with van der Waals surface area (Å²) in [5.41, 5.74) is 1.43. The van der Waals surface area contributed by atoms with Crippen LogP contribution in [0.3, 0.4) is 0 Å². The van der Waals surface area contributed by atoms with Crippen molar-refractivity contribution in [2.75, 3.05) is 0 Å². The number of carboxylic acids is 1. The fourth-order valence-electron chi connectivity index (χ4n) is 3.32. The molecule has 0 fully saturated rings. The van der Waals surface area contributed by atoms with E-state index in [9.17, 15) is 24.3 Å². The molecule has 0 radical (unpaired) electrons. The summed E-state index contributed by atoms with van der Waals surface area (Å²) in [6, 6.07) is 13.8.